The first-order chi connectivity index (χ1) is 13.5. The Labute approximate surface area is 162 Å². The average molecular weight is 390 g/mol. The van der Waals surface area contributed by atoms with E-state index in [1.807, 2.05) is 4.90 Å². The van der Waals surface area contributed by atoms with E-state index in [2.05, 4.69) is 19.9 Å². The van der Waals surface area contributed by atoms with Crippen molar-refractivity contribution in [1.82, 2.24) is 20.1 Å². The highest BCUT2D eigenvalue weighted by atomic mass is 19.1. The second kappa shape index (κ2) is 8.37. The summed E-state index contributed by atoms with van der Waals surface area (Å²) in [5, 5.41) is 6.87. The molecule has 1 amide bonds. The molecule has 28 heavy (non-hydrogen) atoms. The van der Waals surface area contributed by atoms with Crippen LogP contribution in [0.2, 0.25) is 0 Å². The summed E-state index contributed by atoms with van der Waals surface area (Å²) in [5.41, 5.74) is 1.09. The standard InChI is InChI=1S/C17H19FN4O2.C2H4O2/c1-24-15-8-11(12(18)10-19-15)13-9-14(21-20-13)16(23)22-7-3-2-4-17(22)5-6-17;1-4-2-3/h8-10H,2-7H2,1H3,(H,20,21);2H,1H3. The zero-order valence-corrected chi connectivity index (χ0v) is 15.9. The van der Waals surface area contributed by atoms with E-state index in [0.717, 1.165) is 38.4 Å². The van der Waals surface area contributed by atoms with Crippen LogP contribution in [-0.2, 0) is 9.53 Å². The van der Waals surface area contributed by atoms with Crippen molar-refractivity contribution < 1.29 is 23.5 Å². The molecule has 1 N–H and O–H groups in total. The molecule has 0 unspecified atom stereocenters. The van der Waals surface area contributed by atoms with E-state index in [-0.39, 0.29) is 17.0 Å². The maximum Gasteiger partial charge on any atom is 0.292 e. The minimum atomic E-state index is -0.502. The highest BCUT2D eigenvalue weighted by Crippen LogP contribution is 2.48. The van der Waals surface area contributed by atoms with Crippen LogP contribution in [0.5, 0.6) is 5.88 Å². The van der Waals surface area contributed by atoms with Crippen LogP contribution in [0, 0.1) is 5.82 Å². The van der Waals surface area contributed by atoms with Gasteiger partial charge in [-0.2, -0.15) is 5.10 Å². The quantitative estimate of drug-likeness (QED) is 0.806. The number of ether oxygens (including phenoxy) is 2. The van der Waals surface area contributed by atoms with Gasteiger partial charge < -0.3 is 14.4 Å². The molecule has 1 saturated carbocycles. The van der Waals surface area contributed by atoms with E-state index in [4.69, 9.17) is 9.53 Å². The second-order valence-electron chi connectivity index (χ2n) is 6.84. The van der Waals surface area contributed by atoms with Gasteiger partial charge in [-0.05, 0) is 38.2 Å². The fourth-order valence-corrected chi connectivity index (χ4v) is 3.52. The van der Waals surface area contributed by atoms with Crippen molar-refractivity contribution >= 4 is 12.4 Å². The number of aromatic nitrogens is 3. The number of nitrogens with one attached hydrogen (secondary N) is 1. The number of hydrogen-bond acceptors (Lipinski definition) is 6. The average Bonchev–Trinajstić information content (AvgIpc) is 3.30. The number of carbonyl (C=O) groups excluding carboxylic acids is 2. The summed E-state index contributed by atoms with van der Waals surface area (Å²) in [6.45, 7) is 1.16. The predicted octanol–water partition coefficient (Wildman–Crippen LogP) is 2.57. The van der Waals surface area contributed by atoms with Crippen molar-refractivity contribution in [3.63, 3.8) is 0 Å². The molecule has 1 saturated heterocycles. The van der Waals surface area contributed by atoms with Crippen molar-refractivity contribution in [2.24, 2.45) is 0 Å². The number of H-pyrrole nitrogens is 1. The Balaban J connectivity index is 0.000000516. The summed E-state index contributed by atoms with van der Waals surface area (Å²) in [5.74, 6) is -0.249. The Morgan fingerprint density at radius 1 is 1.29 bits per heavy atom. The molecule has 0 aromatic carbocycles. The van der Waals surface area contributed by atoms with Crippen molar-refractivity contribution in [3.05, 3.63) is 29.8 Å². The lowest BCUT2D eigenvalue weighted by Gasteiger charge is -2.35. The Kier molecular flexibility index (Phi) is 5.91. The van der Waals surface area contributed by atoms with Gasteiger partial charge in [-0.25, -0.2) is 9.37 Å². The van der Waals surface area contributed by atoms with Gasteiger partial charge in [-0.3, -0.25) is 14.7 Å². The van der Waals surface area contributed by atoms with Crippen molar-refractivity contribution in [2.45, 2.75) is 37.6 Å². The van der Waals surface area contributed by atoms with Crippen LogP contribution < -0.4 is 4.74 Å². The molecule has 2 aromatic heterocycles. The lowest BCUT2D eigenvalue weighted by Crippen LogP contribution is -2.45. The van der Waals surface area contributed by atoms with Crippen LogP contribution in [0.15, 0.2) is 18.3 Å². The van der Waals surface area contributed by atoms with E-state index >= 15 is 0 Å². The first-order valence-electron chi connectivity index (χ1n) is 9.08. The van der Waals surface area contributed by atoms with Gasteiger partial charge in [0.15, 0.2) is 5.82 Å². The molecule has 0 bridgehead atoms. The summed E-state index contributed by atoms with van der Waals surface area (Å²) >= 11 is 0. The van der Waals surface area contributed by atoms with Crippen LogP contribution >= 0.6 is 0 Å². The van der Waals surface area contributed by atoms with Gasteiger partial charge in [0, 0.05) is 23.7 Å². The second-order valence-corrected chi connectivity index (χ2v) is 6.84. The summed E-state index contributed by atoms with van der Waals surface area (Å²) in [7, 11) is 2.78. The zero-order chi connectivity index (χ0) is 20.1. The highest BCUT2D eigenvalue weighted by molar-refractivity contribution is 5.94. The van der Waals surface area contributed by atoms with Gasteiger partial charge in [0.1, 0.15) is 5.69 Å². The number of nitrogens with zero attached hydrogens (tertiary/aromatic N) is 3. The first kappa shape index (κ1) is 19.8. The third-order valence-electron chi connectivity index (χ3n) is 5.14. The number of halogens is 1. The van der Waals surface area contributed by atoms with Gasteiger partial charge in [0.05, 0.1) is 26.1 Å². The molecule has 0 radical (unpaired) electrons. The molecule has 2 fully saturated rings. The van der Waals surface area contributed by atoms with Gasteiger partial charge in [-0.1, -0.05) is 0 Å². The number of carbonyl (C=O) groups is 2. The van der Waals surface area contributed by atoms with E-state index in [9.17, 15) is 9.18 Å². The summed E-state index contributed by atoms with van der Waals surface area (Å²) in [4.78, 5) is 27.6. The number of likely N-dealkylation sites (tertiary alicyclic amines) is 1. The fourth-order valence-electron chi connectivity index (χ4n) is 3.52. The normalized spacial score (nSPS) is 16.8. The number of amides is 1. The van der Waals surface area contributed by atoms with Crippen LogP contribution in [0.1, 0.15) is 42.6 Å². The first-order valence-corrected chi connectivity index (χ1v) is 9.08. The van der Waals surface area contributed by atoms with Gasteiger partial charge in [-0.15, -0.1) is 0 Å². The molecular weight excluding hydrogens is 367 g/mol. The van der Waals surface area contributed by atoms with Crippen LogP contribution in [-0.4, -0.2) is 58.8 Å². The fraction of sp³-hybridized carbons (Fsp3) is 0.474. The third kappa shape index (κ3) is 3.97. The molecule has 2 aliphatic rings. The lowest BCUT2D eigenvalue weighted by molar-refractivity contribution is -0.126. The van der Waals surface area contributed by atoms with Crippen molar-refractivity contribution in [2.75, 3.05) is 20.8 Å². The smallest absolute Gasteiger partial charge is 0.292 e. The molecule has 3 heterocycles. The molecular formula is C19H23FN4O4. The maximum absolute atomic E-state index is 14.0. The predicted molar refractivity (Wildman–Crippen MR) is 98.3 cm³/mol. The van der Waals surface area contributed by atoms with E-state index < -0.39 is 5.82 Å². The SMILES string of the molecule is COC=O.COc1cc(-c2cc(C(=O)N3CCCCC34CC4)[nH]n2)c(F)cn1. The Morgan fingerprint density at radius 3 is 2.68 bits per heavy atom. The Morgan fingerprint density at radius 2 is 2.04 bits per heavy atom. The molecule has 4 rings (SSSR count). The largest absolute Gasteiger partial charge is 0.481 e. The number of methoxy groups -OCH3 is 2. The number of rotatable bonds is 4. The maximum atomic E-state index is 14.0. The summed E-state index contributed by atoms with van der Waals surface area (Å²) in [6, 6.07) is 3.08. The molecule has 0 atom stereocenters. The molecule has 2 aromatic rings. The lowest BCUT2D eigenvalue weighted by atomic mass is 9.99. The van der Waals surface area contributed by atoms with E-state index in [1.54, 1.807) is 6.07 Å². The summed E-state index contributed by atoms with van der Waals surface area (Å²) in [6.07, 6.45) is 6.54. The monoisotopic (exact) mass is 390 g/mol. The van der Waals surface area contributed by atoms with Gasteiger partial charge >= 0.3 is 0 Å². The summed E-state index contributed by atoms with van der Waals surface area (Å²) < 4.78 is 22.9. The van der Waals surface area contributed by atoms with Crippen molar-refractivity contribution in [3.8, 4) is 17.1 Å². The Bertz CT molecular complexity index is 850. The molecule has 1 aliphatic carbocycles. The minimum absolute atomic E-state index is 0.0487. The molecule has 150 valence electrons. The highest BCUT2D eigenvalue weighted by Gasteiger charge is 2.51. The number of pyridine rings is 1. The number of aromatic amines is 1. The number of hydrogen-bond donors (Lipinski definition) is 1. The van der Waals surface area contributed by atoms with Crippen molar-refractivity contribution in [1.29, 1.82) is 0 Å². The van der Waals surface area contributed by atoms with E-state index in [1.165, 1.54) is 26.7 Å². The zero-order valence-electron chi connectivity index (χ0n) is 15.9. The van der Waals surface area contributed by atoms with Crippen LogP contribution in [0.3, 0.4) is 0 Å². The van der Waals surface area contributed by atoms with Crippen LogP contribution in [0.25, 0.3) is 11.3 Å². The third-order valence-corrected chi connectivity index (χ3v) is 5.14. The minimum Gasteiger partial charge on any atom is -0.481 e. The van der Waals surface area contributed by atoms with Gasteiger partial charge in [0.25, 0.3) is 12.4 Å². The topological polar surface area (TPSA) is 97.4 Å². The van der Waals surface area contributed by atoms with Crippen LogP contribution in [0.4, 0.5) is 4.39 Å². The van der Waals surface area contributed by atoms with E-state index in [0.29, 0.717) is 23.7 Å². The Hall–Kier alpha value is -2.97. The molecule has 8 nitrogen and oxygen atoms in total. The van der Waals surface area contributed by atoms with Gasteiger partial charge in [0.2, 0.25) is 5.88 Å². The molecule has 1 spiro atoms. The number of piperidine rings is 1. The molecule has 1 aliphatic heterocycles. The molecule has 9 heteroatoms.